The van der Waals surface area contributed by atoms with Gasteiger partial charge in [0.05, 0.1) is 6.54 Å². The highest BCUT2D eigenvalue weighted by Gasteiger charge is 2.17. The molecule has 0 unspecified atom stereocenters. The molecule has 2 heterocycles. The number of aromatic nitrogens is 2. The molecular weight excluding hydrogens is 364 g/mol. The quantitative estimate of drug-likeness (QED) is 0.600. The van der Waals surface area contributed by atoms with Gasteiger partial charge in [0, 0.05) is 37.4 Å². The first-order valence-corrected chi connectivity index (χ1v) is 9.93. The number of carbonyl (C=O) groups excluding carboxylic acids is 1. The van der Waals surface area contributed by atoms with Crippen LogP contribution in [0.1, 0.15) is 47.0 Å². The van der Waals surface area contributed by atoms with Crippen LogP contribution in [0.25, 0.3) is 0 Å². The third kappa shape index (κ3) is 6.26. The van der Waals surface area contributed by atoms with E-state index in [1.54, 1.807) is 6.20 Å². The van der Waals surface area contributed by atoms with Gasteiger partial charge in [-0.25, -0.2) is 4.98 Å². The third-order valence-electron chi connectivity index (χ3n) is 4.71. The first-order valence-electron chi connectivity index (χ1n) is 9.93. The predicted molar refractivity (Wildman–Crippen MR) is 112 cm³/mol. The van der Waals surface area contributed by atoms with Gasteiger partial charge in [0.15, 0.2) is 5.69 Å². The van der Waals surface area contributed by atoms with Gasteiger partial charge in [-0.05, 0) is 38.5 Å². The molecule has 0 atom stereocenters. The zero-order chi connectivity index (χ0) is 20.6. The number of hydrogen-bond donors (Lipinski definition) is 1. The minimum atomic E-state index is -0.231. The maximum absolute atomic E-state index is 12.3. The van der Waals surface area contributed by atoms with E-state index in [0.29, 0.717) is 37.1 Å². The Hall–Kier alpha value is -2.99. The van der Waals surface area contributed by atoms with Gasteiger partial charge in [-0.1, -0.05) is 35.9 Å². The summed E-state index contributed by atoms with van der Waals surface area (Å²) < 4.78 is 5.57. The van der Waals surface area contributed by atoms with Crippen LogP contribution in [0.15, 0.2) is 59.3 Å². The van der Waals surface area contributed by atoms with Gasteiger partial charge in [0.1, 0.15) is 6.26 Å². The van der Waals surface area contributed by atoms with E-state index < -0.39 is 0 Å². The number of oxazole rings is 1. The molecule has 6 nitrogen and oxygen atoms in total. The molecule has 0 bridgehead atoms. The first-order chi connectivity index (χ1) is 14.0. The standard InChI is InChI=1S/C23H28N4O2/c1-17(2)27(14-19-8-6-7-18(3)13-19)15-22-26-21(16-29-22)23(28)25-12-10-20-9-4-5-11-24-20/h4-9,11,13,16-17H,10,12,14-15H2,1-3H3,(H,25,28). The molecule has 152 valence electrons. The molecule has 0 aliphatic carbocycles. The van der Waals surface area contributed by atoms with Crippen molar-refractivity contribution in [3.8, 4) is 0 Å². The molecule has 0 aliphatic heterocycles. The van der Waals surface area contributed by atoms with Crippen LogP contribution in [-0.2, 0) is 19.5 Å². The molecule has 0 aliphatic rings. The number of hydrogen-bond acceptors (Lipinski definition) is 5. The van der Waals surface area contributed by atoms with Crippen LogP contribution in [0.5, 0.6) is 0 Å². The molecule has 0 saturated heterocycles. The van der Waals surface area contributed by atoms with Gasteiger partial charge in [0.25, 0.3) is 5.91 Å². The van der Waals surface area contributed by atoms with Crippen molar-refractivity contribution in [1.29, 1.82) is 0 Å². The summed E-state index contributed by atoms with van der Waals surface area (Å²) >= 11 is 0. The van der Waals surface area contributed by atoms with E-state index in [0.717, 1.165) is 12.2 Å². The highest BCUT2D eigenvalue weighted by molar-refractivity contribution is 5.91. The van der Waals surface area contributed by atoms with Crippen molar-refractivity contribution < 1.29 is 9.21 Å². The Kier molecular flexibility index (Phi) is 7.14. The van der Waals surface area contributed by atoms with Crippen LogP contribution in [-0.4, -0.2) is 33.4 Å². The summed E-state index contributed by atoms with van der Waals surface area (Å²) in [5.41, 5.74) is 3.74. The number of rotatable bonds is 9. The summed E-state index contributed by atoms with van der Waals surface area (Å²) in [5, 5.41) is 2.87. The summed E-state index contributed by atoms with van der Waals surface area (Å²) in [6.07, 6.45) is 3.85. The molecule has 6 heteroatoms. The number of aryl methyl sites for hydroxylation is 1. The molecule has 0 spiro atoms. The van der Waals surface area contributed by atoms with Gasteiger partial charge in [0.2, 0.25) is 5.89 Å². The fourth-order valence-electron chi connectivity index (χ4n) is 3.07. The van der Waals surface area contributed by atoms with Crippen molar-refractivity contribution in [2.45, 2.75) is 46.3 Å². The molecule has 1 amide bonds. The molecule has 0 radical (unpaired) electrons. The molecule has 29 heavy (non-hydrogen) atoms. The highest BCUT2D eigenvalue weighted by atomic mass is 16.3. The smallest absolute Gasteiger partial charge is 0.273 e. The van der Waals surface area contributed by atoms with Crippen molar-refractivity contribution in [2.24, 2.45) is 0 Å². The topological polar surface area (TPSA) is 71.3 Å². The minimum Gasteiger partial charge on any atom is -0.447 e. The molecule has 0 fully saturated rings. The Morgan fingerprint density at radius 3 is 2.76 bits per heavy atom. The van der Waals surface area contributed by atoms with Crippen molar-refractivity contribution in [2.75, 3.05) is 6.54 Å². The van der Waals surface area contributed by atoms with E-state index in [1.165, 1.54) is 17.4 Å². The highest BCUT2D eigenvalue weighted by Crippen LogP contribution is 2.14. The van der Waals surface area contributed by atoms with Crippen molar-refractivity contribution >= 4 is 5.91 Å². The van der Waals surface area contributed by atoms with Crippen LogP contribution >= 0.6 is 0 Å². The normalized spacial score (nSPS) is 11.2. The SMILES string of the molecule is Cc1cccc(CN(Cc2nc(C(=O)NCCc3ccccn3)co2)C(C)C)c1. The lowest BCUT2D eigenvalue weighted by molar-refractivity contribution is 0.0949. The minimum absolute atomic E-state index is 0.231. The Morgan fingerprint density at radius 1 is 1.17 bits per heavy atom. The summed E-state index contributed by atoms with van der Waals surface area (Å²) in [6, 6.07) is 14.5. The lowest BCUT2D eigenvalue weighted by atomic mass is 10.1. The second kappa shape index (κ2) is 9.98. The second-order valence-corrected chi connectivity index (χ2v) is 7.44. The summed E-state index contributed by atoms with van der Waals surface area (Å²) in [4.78, 5) is 23.2. The molecule has 3 aromatic rings. The number of nitrogens with one attached hydrogen (secondary N) is 1. The Balaban J connectivity index is 1.55. The Morgan fingerprint density at radius 2 is 2.03 bits per heavy atom. The maximum atomic E-state index is 12.3. The first kappa shape index (κ1) is 20.7. The third-order valence-corrected chi connectivity index (χ3v) is 4.71. The van der Waals surface area contributed by atoms with Crippen LogP contribution < -0.4 is 5.32 Å². The van der Waals surface area contributed by atoms with E-state index in [1.807, 2.05) is 18.2 Å². The lowest BCUT2D eigenvalue weighted by Gasteiger charge is -2.25. The molecular formula is C23H28N4O2. The zero-order valence-corrected chi connectivity index (χ0v) is 17.3. The lowest BCUT2D eigenvalue weighted by Crippen LogP contribution is -2.30. The fourth-order valence-corrected chi connectivity index (χ4v) is 3.07. The number of amides is 1. The number of carbonyl (C=O) groups is 1. The van der Waals surface area contributed by atoms with Crippen LogP contribution in [0.3, 0.4) is 0 Å². The number of pyridine rings is 1. The largest absolute Gasteiger partial charge is 0.447 e. The van der Waals surface area contributed by atoms with Gasteiger partial charge in [-0.2, -0.15) is 0 Å². The van der Waals surface area contributed by atoms with Gasteiger partial charge < -0.3 is 9.73 Å². The van der Waals surface area contributed by atoms with Crippen molar-refractivity contribution in [3.63, 3.8) is 0 Å². The Labute approximate surface area is 172 Å². The van der Waals surface area contributed by atoms with Gasteiger partial charge in [-0.3, -0.25) is 14.7 Å². The van der Waals surface area contributed by atoms with Crippen molar-refractivity contribution in [3.05, 3.63) is 83.3 Å². The zero-order valence-electron chi connectivity index (χ0n) is 17.3. The Bertz CT molecular complexity index is 921. The number of benzene rings is 1. The maximum Gasteiger partial charge on any atom is 0.273 e. The van der Waals surface area contributed by atoms with E-state index in [2.05, 4.69) is 65.2 Å². The fraction of sp³-hybridized carbons (Fsp3) is 0.348. The number of nitrogens with zero attached hydrogens (tertiary/aromatic N) is 3. The van der Waals surface area contributed by atoms with E-state index in [9.17, 15) is 4.79 Å². The van der Waals surface area contributed by atoms with E-state index in [4.69, 9.17) is 4.42 Å². The van der Waals surface area contributed by atoms with Crippen LogP contribution in [0.2, 0.25) is 0 Å². The van der Waals surface area contributed by atoms with Gasteiger partial charge in [-0.15, -0.1) is 0 Å². The van der Waals surface area contributed by atoms with Crippen LogP contribution in [0, 0.1) is 6.92 Å². The average Bonchev–Trinajstić information content (AvgIpc) is 3.17. The molecule has 1 N–H and O–H groups in total. The van der Waals surface area contributed by atoms with Crippen LogP contribution in [0.4, 0.5) is 0 Å². The summed E-state index contributed by atoms with van der Waals surface area (Å²) in [7, 11) is 0. The van der Waals surface area contributed by atoms with E-state index >= 15 is 0 Å². The molecule has 1 aromatic carbocycles. The second-order valence-electron chi connectivity index (χ2n) is 7.44. The molecule has 2 aromatic heterocycles. The average molecular weight is 393 g/mol. The molecule has 0 saturated carbocycles. The monoisotopic (exact) mass is 392 g/mol. The van der Waals surface area contributed by atoms with Gasteiger partial charge >= 0.3 is 0 Å². The van der Waals surface area contributed by atoms with Crippen molar-refractivity contribution in [1.82, 2.24) is 20.2 Å². The molecule has 3 rings (SSSR count). The van der Waals surface area contributed by atoms with E-state index in [-0.39, 0.29) is 5.91 Å². The predicted octanol–water partition coefficient (Wildman–Crippen LogP) is 3.76. The summed E-state index contributed by atoms with van der Waals surface area (Å²) in [6.45, 7) is 8.23. The summed E-state index contributed by atoms with van der Waals surface area (Å²) in [5.74, 6) is 0.312.